The molecule has 0 rings (SSSR count). The number of rotatable bonds is 11. The summed E-state index contributed by atoms with van der Waals surface area (Å²) in [5, 5.41) is 2.73. The summed E-state index contributed by atoms with van der Waals surface area (Å²) < 4.78 is 14.2. The normalized spacial score (nSPS) is 9.91. The quantitative estimate of drug-likeness (QED) is 0.267. The van der Waals surface area contributed by atoms with Crippen molar-refractivity contribution in [2.45, 2.75) is 46.8 Å². The molecule has 1 amide bonds. The summed E-state index contributed by atoms with van der Waals surface area (Å²) in [6.07, 6.45) is 0.341. The fourth-order valence-corrected chi connectivity index (χ4v) is 2.25. The first-order chi connectivity index (χ1) is 9.79. The molecule has 0 bridgehead atoms. The largest absolute Gasteiger partial charge is 0.473 e. The van der Waals surface area contributed by atoms with Crippen molar-refractivity contribution >= 4 is 23.6 Å². The summed E-state index contributed by atoms with van der Waals surface area (Å²) in [5.74, 6) is 0.767. The molecule has 0 aliphatic heterocycles. The van der Waals surface area contributed by atoms with E-state index in [0.29, 0.717) is 31.1 Å². The number of nitrogens with one attached hydrogen (secondary N) is 1. The molecule has 23 heavy (non-hydrogen) atoms. The minimum Gasteiger partial charge on any atom is -0.473 e. The minimum atomic E-state index is -0.641. The first kappa shape index (κ1) is 26.7. The summed E-state index contributed by atoms with van der Waals surface area (Å²) in [7, 11) is 1.36. The van der Waals surface area contributed by atoms with Crippen molar-refractivity contribution in [3.8, 4) is 0 Å². The van der Waals surface area contributed by atoms with E-state index in [1.807, 2.05) is 0 Å². The van der Waals surface area contributed by atoms with Crippen LogP contribution in [-0.4, -0.2) is 49.4 Å². The highest BCUT2D eigenvalue weighted by molar-refractivity contribution is 8.01. The van der Waals surface area contributed by atoms with Crippen molar-refractivity contribution < 1.29 is 23.8 Å². The molecule has 7 heteroatoms. The second-order valence-corrected chi connectivity index (χ2v) is 6.54. The van der Waals surface area contributed by atoms with E-state index >= 15 is 0 Å². The Labute approximate surface area is 145 Å². The summed E-state index contributed by atoms with van der Waals surface area (Å²) >= 11 is 1.39. The number of carbonyl (C=O) groups excluding carboxylic acids is 2. The second kappa shape index (κ2) is 14.4. The molecule has 0 atom stereocenters. The van der Waals surface area contributed by atoms with E-state index in [4.69, 9.17) is 14.2 Å². The van der Waals surface area contributed by atoms with E-state index in [1.54, 1.807) is 20.8 Å². The molecule has 138 valence electrons. The van der Waals surface area contributed by atoms with Crippen LogP contribution in [0.2, 0.25) is 0 Å². The van der Waals surface area contributed by atoms with Gasteiger partial charge in [0.15, 0.2) is 6.79 Å². The smallest absolute Gasteiger partial charge is 0.321 e. The lowest BCUT2D eigenvalue weighted by atomic mass is 10.2. The van der Waals surface area contributed by atoms with Gasteiger partial charge in [0.2, 0.25) is 5.91 Å². The monoisotopic (exact) mass is 351 g/mol. The van der Waals surface area contributed by atoms with Gasteiger partial charge in [0.1, 0.15) is 4.75 Å². The van der Waals surface area contributed by atoms with Gasteiger partial charge < -0.3 is 19.5 Å². The molecule has 0 aliphatic carbocycles. The van der Waals surface area contributed by atoms with Crippen molar-refractivity contribution in [2.24, 2.45) is 0 Å². The van der Waals surface area contributed by atoms with Crippen LogP contribution >= 0.6 is 11.8 Å². The summed E-state index contributed by atoms with van der Waals surface area (Å²) in [6.45, 7) is 9.78. The maximum absolute atomic E-state index is 11.6. The third-order valence-electron chi connectivity index (χ3n) is 2.43. The Bertz CT molecular complexity index is 358. The Balaban J connectivity index is -0.00000200. The SMILES string of the molecule is C.C.C=C(C)OCOCCNC(=O)CCSC(C)(C)C(=O)OC. The molecule has 0 saturated heterocycles. The lowest BCUT2D eigenvalue weighted by molar-refractivity contribution is -0.142. The fourth-order valence-electron chi connectivity index (χ4n) is 1.26. The van der Waals surface area contributed by atoms with Crippen LogP contribution in [0, 0.1) is 0 Å². The molecule has 1 N–H and O–H groups in total. The number of hydrogen-bond donors (Lipinski definition) is 1. The van der Waals surface area contributed by atoms with Crippen LogP contribution in [0.4, 0.5) is 0 Å². The predicted molar refractivity (Wildman–Crippen MR) is 96.4 cm³/mol. The van der Waals surface area contributed by atoms with E-state index in [2.05, 4.69) is 11.9 Å². The molecule has 0 aromatic rings. The van der Waals surface area contributed by atoms with Gasteiger partial charge in [-0.05, 0) is 20.8 Å². The van der Waals surface area contributed by atoms with E-state index < -0.39 is 4.75 Å². The zero-order valence-corrected chi connectivity index (χ0v) is 14.0. The highest BCUT2D eigenvalue weighted by Crippen LogP contribution is 2.26. The van der Waals surface area contributed by atoms with Gasteiger partial charge >= 0.3 is 5.97 Å². The first-order valence-corrected chi connectivity index (χ1v) is 7.63. The number of methoxy groups -OCH3 is 1. The molecular weight excluding hydrogens is 318 g/mol. The number of ether oxygens (including phenoxy) is 3. The molecule has 6 nitrogen and oxygen atoms in total. The summed E-state index contributed by atoms with van der Waals surface area (Å²) in [4.78, 5) is 23.0. The van der Waals surface area contributed by atoms with Crippen molar-refractivity contribution in [1.29, 1.82) is 0 Å². The predicted octanol–water partition coefficient (Wildman–Crippen LogP) is 2.97. The van der Waals surface area contributed by atoms with Crippen LogP contribution in [0.3, 0.4) is 0 Å². The molecule has 0 saturated carbocycles. The van der Waals surface area contributed by atoms with Crippen molar-refractivity contribution in [3.63, 3.8) is 0 Å². The Morgan fingerprint density at radius 3 is 2.39 bits per heavy atom. The Hall–Kier alpha value is -1.21. The Morgan fingerprint density at radius 2 is 1.87 bits per heavy atom. The number of carbonyl (C=O) groups is 2. The van der Waals surface area contributed by atoms with Crippen molar-refractivity contribution in [1.82, 2.24) is 5.32 Å². The van der Waals surface area contributed by atoms with Crippen LogP contribution in [0.15, 0.2) is 12.3 Å². The number of amides is 1. The third-order valence-corrected chi connectivity index (χ3v) is 3.72. The molecule has 0 fully saturated rings. The van der Waals surface area contributed by atoms with Gasteiger partial charge in [0.05, 0.1) is 19.5 Å². The van der Waals surface area contributed by atoms with Gasteiger partial charge in [-0.15, -0.1) is 11.8 Å². The van der Waals surface area contributed by atoms with Crippen LogP contribution in [-0.2, 0) is 23.8 Å². The van der Waals surface area contributed by atoms with Crippen LogP contribution in [0.1, 0.15) is 42.0 Å². The molecule has 0 unspecified atom stereocenters. The first-order valence-electron chi connectivity index (χ1n) is 6.64. The van der Waals surface area contributed by atoms with Crippen molar-refractivity contribution in [3.05, 3.63) is 12.3 Å². The average molecular weight is 352 g/mol. The van der Waals surface area contributed by atoms with Crippen molar-refractivity contribution in [2.75, 3.05) is 32.8 Å². The molecular formula is C16H33NO5S. The highest BCUT2D eigenvalue weighted by Gasteiger charge is 2.29. The Kier molecular flexibility index (Phi) is 16.7. The number of thioether (sulfide) groups is 1. The zero-order chi connectivity index (χ0) is 16.3. The van der Waals surface area contributed by atoms with E-state index in [-0.39, 0.29) is 33.5 Å². The fraction of sp³-hybridized carbons (Fsp3) is 0.750. The molecule has 0 spiro atoms. The zero-order valence-electron chi connectivity index (χ0n) is 13.2. The van der Waals surface area contributed by atoms with E-state index in [1.165, 1.54) is 18.9 Å². The molecule has 0 aromatic carbocycles. The maximum Gasteiger partial charge on any atom is 0.321 e. The summed E-state index contributed by atoms with van der Waals surface area (Å²) in [6, 6.07) is 0. The average Bonchev–Trinajstić information content (AvgIpc) is 2.41. The molecule has 0 radical (unpaired) electrons. The van der Waals surface area contributed by atoms with Gasteiger partial charge in [-0.3, -0.25) is 9.59 Å². The van der Waals surface area contributed by atoms with Crippen LogP contribution in [0.25, 0.3) is 0 Å². The van der Waals surface area contributed by atoms with E-state index in [9.17, 15) is 9.59 Å². The van der Waals surface area contributed by atoms with Gasteiger partial charge in [-0.25, -0.2) is 0 Å². The van der Waals surface area contributed by atoms with Gasteiger partial charge in [-0.1, -0.05) is 21.4 Å². The van der Waals surface area contributed by atoms with Crippen LogP contribution < -0.4 is 5.32 Å². The standard InChI is InChI=1S/C14H25NO5S.2CH4/c1-11(2)20-10-19-8-7-15-12(16)6-9-21-14(3,4)13(17)18-5;;/h1,6-10H2,2-5H3,(H,15,16);2*1H4. The lowest BCUT2D eigenvalue weighted by Gasteiger charge is -2.20. The van der Waals surface area contributed by atoms with Crippen LogP contribution in [0.5, 0.6) is 0 Å². The molecule has 0 heterocycles. The number of esters is 1. The molecule has 0 aromatic heterocycles. The molecule has 0 aliphatic rings. The topological polar surface area (TPSA) is 73.9 Å². The van der Waals surface area contributed by atoms with Gasteiger partial charge in [0.25, 0.3) is 0 Å². The second-order valence-electron chi connectivity index (χ2n) is 4.82. The number of allylic oxidation sites excluding steroid dienone is 1. The highest BCUT2D eigenvalue weighted by atomic mass is 32.2. The van der Waals surface area contributed by atoms with Gasteiger partial charge in [-0.2, -0.15) is 0 Å². The Morgan fingerprint density at radius 1 is 1.26 bits per heavy atom. The minimum absolute atomic E-state index is 0. The van der Waals surface area contributed by atoms with E-state index in [0.717, 1.165) is 0 Å². The third kappa shape index (κ3) is 14.1. The number of hydrogen-bond acceptors (Lipinski definition) is 6. The maximum atomic E-state index is 11.6. The van der Waals surface area contributed by atoms with Gasteiger partial charge in [0, 0.05) is 18.7 Å². The summed E-state index contributed by atoms with van der Waals surface area (Å²) in [5.41, 5.74) is 0. The lowest BCUT2D eigenvalue weighted by Crippen LogP contribution is -2.31.